The normalized spacial score (nSPS) is 10.7. The highest BCUT2D eigenvalue weighted by Gasteiger charge is 2.21. The Labute approximate surface area is 205 Å². The van der Waals surface area contributed by atoms with Gasteiger partial charge in [0.2, 0.25) is 0 Å². The number of thiazole rings is 1. The zero-order chi connectivity index (χ0) is 22.2. The number of aromatic nitrogens is 1. The molecule has 0 aliphatic heterocycles. The standard InChI is InChI=1S/C24H28ClN3O2S.ClH/c1-4-27(5-2)15-6-16-28(23(29)19-9-13-21(30-3)14-10-19)24-26-22(17-31-24)18-7-11-20(25)12-8-18;/h7-14,17H,4-6,15-16H2,1-3H3;1H. The lowest BCUT2D eigenvalue weighted by molar-refractivity contribution is 0.0985. The second-order valence-electron chi connectivity index (χ2n) is 7.09. The number of halogens is 2. The summed E-state index contributed by atoms with van der Waals surface area (Å²) in [5.41, 5.74) is 2.44. The Morgan fingerprint density at radius 2 is 1.69 bits per heavy atom. The van der Waals surface area contributed by atoms with Gasteiger partial charge < -0.3 is 9.64 Å². The van der Waals surface area contributed by atoms with Crippen LogP contribution in [0.3, 0.4) is 0 Å². The van der Waals surface area contributed by atoms with Crippen molar-refractivity contribution in [3.8, 4) is 17.0 Å². The Morgan fingerprint density at radius 3 is 2.28 bits per heavy atom. The maximum Gasteiger partial charge on any atom is 0.260 e. The van der Waals surface area contributed by atoms with Crippen molar-refractivity contribution < 1.29 is 9.53 Å². The second kappa shape index (κ2) is 12.8. The van der Waals surface area contributed by atoms with Crippen molar-refractivity contribution in [2.75, 3.05) is 38.2 Å². The number of methoxy groups -OCH3 is 1. The molecule has 0 fully saturated rings. The highest BCUT2D eigenvalue weighted by molar-refractivity contribution is 7.14. The maximum atomic E-state index is 13.4. The van der Waals surface area contributed by atoms with Gasteiger partial charge in [0, 0.05) is 28.1 Å². The number of benzene rings is 2. The summed E-state index contributed by atoms with van der Waals surface area (Å²) in [6, 6.07) is 14.8. The molecule has 0 N–H and O–H groups in total. The van der Waals surface area contributed by atoms with Crippen molar-refractivity contribution in [1.29, 1.82) is 0 Å². The monoisotopic (exact) mass is 493 g/mol. The molecule has 0 aliphatic carbocycles. The summed E-state index contributed by atoms with van der Waals surface area (Å²) in [5, 5.41) is 3.37. The van der Waals surface area contributed by atoms with Gasteiger partial charge in [0.15, 0.2) is 5.13 Å². The van der Waals surface area contributed by atoms with Gasteiger partial charge in [-0.3, -0.25) is 9.69 Å². The Hall–Kier alpha value is -2.12. The summed E-state index contributed by atoms with van der Waals surface area (Å²) in [6.07, 6.45) is 0.874. The molecule has 0 aliphatic rings. The van der Waals surface area contributed by atoms with Crippen molar-refractivity contribution in [3.05, 3.63) is 64.5 Å². The molecule has 0 saturated carbocycles. The van der Waals surface area contributed by atoms with E-state index in [1.54, 1.807) is 24.1 Å². The number of ether oxygens (including phenoxy) is 1. The molecule has 0 spiro atoms. The van der Waals surface area contributed by atoms with E-state index >= 15 is 0 Å². The molecule has 0 bridgehead atoms. The second-order valence-corrected chi connectivity index (χ2v) is 8.36. The number of hydrogen-bond donors (Lipinski definition) is 0. The fourth-order valence-corrected chi connectivity index (χ4v) is 4.29. The van der Waals surface area contributed by atoms with Crippen LogP contribution in [-0.4, -0.2) is 49.1 Å². The number of amides is 1. The Morgan fingerprint density at radius 1 is 1.03 bits per heavy atom. The van der Waals surface area contributed by atoms with Crippen LogP contribution in [0, 0.1) is 0 Å². The SMILES string of the molecule is CCN(CC)CCCN(C(=O)c1ccc(OC)cc1)c1nc(-c2ccc(Cl)cc2)cs1.Cl. The number of nitrogens with zero attached hydrogens (tertiary/aromatic N) is 3. The van der Waals surface area contributed by atoms with E-state index in [1.165, 1.54) is 11.3 Å². The van der Waals surface area contributed by atoms with Crippen LogP contribution in [0.2, 0.25) is 5.02 Å². The molecule has 1 amide bonds. The largest absolute Gasteiger partial charge is 0.497 e. The summed E-state index contributed by atoms with van der Waals surface area (Å²) >= 11 is 7.49. The lowest BCUT2D eigenvalue weighted by Crippen LogP contribution is -2.34. The van der Waals surface area contributed by atoms with Gasteiger partial charge in [-0.25, -0.2) is 4.98 Å². The molecular formula is C24H29Cl2N3O2S. The highest BCUT2D eigenvalue weighted by atomic mass is 35.5. The predicted octanol–water partition coefficient (Wildman–Crippen LogP) is 6.27. The molecule has 1 aromatic heterocycles. The first-order chi connectivity index (χ1) is 15.0. The first-order valence-corrected chi connectivity index (χ1v) is 11.7. The first kappa shape index (κ1) is 26.1. The third-order valence-corrected chi connectivity index (χ3v) is 6.31. The Bertz CT molecular complexity index is 974. The lowest BCUT2D eigenvalue weighted by atomic mass is 10.2. The van der Waals surface area contributed by atoms with Crippen LogP contribution in [0.4, 0.5) is 5.13 Å². The average molecular weight is 494 g/mol. The molecule has 3 rings (SSSR count). The van der Waals surface area contributed by atoms with E-state index < -0.39 is 0 Å². The minimum Gasteiger partial charge on any atom is -0.497 e. The smallest absolute Gasteiger partial charge is 0.260 e. The van der Waals surface area contributed by atoms with Gasteiger partial charge >= 0.3 is 0 Å². The van der Waals surface area contributed by atoms with Gasteiger partial charge in [0.1, 0.15) is 5.75 Å². The molecular weight excluding hydrogens is 465 g/mol. The van der Waals surface area contributed by atoms with Crippen LogP contribution >= 0.6 is 35.3 Å². The van der Waals surface area contributed by atoms with Gasteiger partial charge in [-0.1, -0.05) is 37.6 Å². The number of anilines is 1. The topological polar surface area (TPSA) is 45.7 Å². The van der Waals surface area contributed by atoms with Gasteiger partial charge in [0.05, 0.1) is 12.8 Å². The van der Waals surface area contributed by atoms with Crippen LogP contribution in [-0.2, 0) is 0 Å². The molecule has 3 aromatic rings. The van der Waals surface area contributed by atoms with E-state index in [9.17, 15) is 4.79 Å². The molecule has 32 heavy (non-hydrogen) atoms. The van der Waals surface area contributed by atoms with Crippen LogP contribution in [0.5, 0.6) is 5.75 Å². The van der Waals surface area contributed by atoms with Crippen molar-refractivity contribution in [3.63, 3.8) is 0 Å². The highest BCUT2D eigenvalue weighted by Crippen LogP contribution is 2.29. The molecule has 8 heteroatoms. The van der Waals surface area contributed by atoms with E-state index in [1.807, 2.05) is 41.8 Å². The number of hydrogen-bond acceptors (Lipinski definition) is 5. The Kier molecular flexibility index (Phi) is 10.5. The van der Waals surface area contributed by atoms with Crippen molar-refractivity contribution >= 4 is 46.4 Å². The molecule has 172 valence electrons. The molecule has 1 heterocycles. The summed E-state index contributed by atoms with van der Waals surface area (Å²) in [5.74, 6) is 0.670. The molecule has 0 unspecified atom stereocenters. The van der Waals surface area contributed by atoms with Crippen LogP contribution in [0.15, 0.2) is 53.9 Å². The fourth-order valence-electron chi connectivity index (χ4n) is 3.31. The van der Waals surface area contributed by atoms with Gasteiger partial charge in [-0.15, -0.1) is 23.7 Å². The average Bonchev–Trinajstić information content (AvgIpc) is 3.29. The fraction of sp³-hybridized carbons (Fsp3) is 0.333. The molecule has 5 nitrogen and oxygen atoms in total. The van der Waals surface area contributed by atoms with E-state index in [4.69, 9.17) is 21.3 Å². The number of carbonyl (C=O) groups is 1. The quantitative estimate of drug-likeness (QED) is 0.333. The van der Waals surface area contributed by atoms with E-state index in [2.05, 4.69) is 18.7 Å². The van der Waals surface area contributed by atoms with Gasteiger partial charge in [-0.2, -0.15) is 0 Å². The first-order valence-electron chi connectivity index (χ1n) is 10.5. The van der Waals surface area contributed by atoms with Crippen LogP contribution in [0.1, 0.15) is 30.6 Å². The third kappa shape index (κ3) is 6.69. The zero-order valence-electron chi connectivity index (χ0n) is 18.6. The molecule has 0 saturated heterocycles. The third-order valence-electron chi connectivity index (χ3n) is 5.20. The number of carbonyl (C=O) groups excluding carboxylic acids is 1. The summed E-state index contributed by atoms with van der Waals surface area (Å²) in [4.78, 5) is 22.3. The van der Waals surface area contributed by atoms with E-state index in [-0.39, 0.29) is 18.3 Å². The predicted molar refractivity (Wildman–Crippen MR) is 137 cm³/mol. The lowest BCUT2D eigenvalue weighted by Gasteiger charge is -2.23. The maximum absolute atomic E-state index is 13.4. The summed E-state index contributed by atoms with van der Waals surface area (Å²) < 4.78 is 5.22. The summed E-state index contributed by atoms with van der Waals surface area (Å²) in [6.45, 7) is 7.86. The van der Waals surface area contributed by atoms with Gasteiger partial charge in [0.25, 0.3) is 5.91 Å². The zero-order valence-corrected chi connectivity index (χ0v) is 21.0. The van der Waals surface area contributed by atoms with Gasteiger partial charge in [-0.05, 0) is 62.5 Å². The molecule has 0 radical (unpaired) electrons. The van der Waals surface area contributed by atoms with Crippen molar-refractivity contribution in [1.82, 2.24) is 9.88 Å². The van der Waals surface area contributed by atoms with Crippen LogP contribution < -0.4 is 9.64 Å². The van der Waals surface area contributed by atoms with E-state index in [0.717, 1.165) is 43.1 Å². The minimum absolute atomic E-state index is 0. The minimum atomic E-state index is -0.0563. The van der Waals surface area contributed by atoms with Crippen molar-refractivity contribution in [2.24, 2.45) is 0 Å². The molecule has 0 atom stereocenters. The Balaban J connectivity index is 0.00000363. The number of rotatable bonds is 10. The van der Waals surface area contributed by atoms with E-state index in [0.29, 0.717) is 22.3 Å². The van der Waals surface area contributed by atoms with Crippen molar-refractivity contribution in [2.45, 2.75) is 20.3 Å². The van der Waals surface area contributed by atoms with Crippen LogP contribution in [0.25, 0.3) is 11.3 Å². The summed E-state index contributed by atoms with van der Waals surface area (Å²) in [7, 11) is 1.62. The molecule has 2 aromatic carbocycles.